The highest BCUT2D eigenvalue weighted by atomic mass is 16.6. The van der Waals surface area contributed by atoms with E-state index in [9.17, 15) is 4.79 Å². The van der Waals surface area contributed by atoms with Gasteiger partial charge in [-0.1, -0.05) is 84.9 Å². The summed E-state index contributed by atoms with van der Waals surface area (Å²) in [6.45, 7) is 5.04. The molecule has 39 heavy (non-hydrogen) atoms. The van der Waals surface area contributed by atoms with Crippen LogP contribution in [-0.4, -0.2) is 23.2 Å². The molecular formula is C35H33NO3. The third-order valence-electron chi connectivity index (χ3n) is 6.84. The fourth-order valence-corrected chi connectivity index (χ4v) is 4.75. The Hall–Kier alpha value is -4.57. The van der Waals surface area contributed by atoms with Gasteiger partial charge in [-0.2, -0.15) is 0 Å². The van der Waals surface area contributed by atoms with Gasteiger partial charge in [-0.3, -0.25) is 0 Å². The van der Waals surface area contributed by atoms with Crippen LogP contribution in [0.25, 0.3) is 22.4 Å². The first-order valence-corrected chi connectivity index (χ1v) is 13.4. The fourth-order valence-electron chi connectivity index (χ4n) is 4.75. The monoisotopic (exact) mass is 515 g/mol. The van der Waals surface area contributed by atoms with E-state index in [1.807, 2.05) is 60.7 Å². The second-order valence-electron chi connectivity index (χ2n) is 9.58. The van der Waals surface area contributed by atoms with Crippen LogP contribution in [0.15, 0.2) is 121 Å². The maximum absolute atomic E-state index is 12.6. The molecule has 1 aromatic heterocycles. The van der Waals surface area contributed by atoms with E-state index in [2.05, 4.69) is 72.2 Å². The number of benzene rings is 4. The van der Waals surface area contributed by atoms with E-state index in [0.717, 1.165) is 23.4 Å². The smallest absolute Gasteiger partial charge is 0.347 e. The highest BCUT2D eigenvalue weighted by Crippen LogP contribution is 2.27. The molecule has 0 fully saturated rings. The number of aromatic nitrogens is 1. The number of carbonyl (C=O) groups excluding carboxylic acids is 1. The zero-order chi connectivity index (χ0) is 27.0. The molecule has 4 heteroatoms. The van der Waals surface area contributed by atoms with Crippen LogP contribution in [0.1, 0.15) is 23.7 Å². The molecule has 0 amide bonds. The van der Waals surface area contributed by atoms with Crippen LogP contribution in [-0.2, 0) is 22.5 Å². The molecule has 0 N–H and O–H groups in total. The minimum atomic E-state index is -0.705. The van der Waals surface area contributed by atoms with Crippen molar-refractivity contribution in [1.29, 1.82) is 0 Å². The molecule has 0 saturated heterocycles. The zero-order valence-electron chi connectivity index (χ0n) is 22.4. The van der Waals surface area contributed by atoms with Gasteiger partial charge < -0.3 is 14.0 Å². The van der Waals surface area contributed by atoms with Crippen molar-refractivity contribution in [2.45, 2.75) is 32.9 Å². The largest absolute Gasteiger partial charge is 0.478 e. The van der Waals surface area contributed by atoms with Crippen molar-refractivity contribution in [3.8, 4) is 28.1 Å². The molecule has 0 spiro atoms. The maximum atomic E-state index is 12.6. The van der Waals surface area contributed by atoms with E-state index >= 15 is 0 Å². The number of ether oxygens (including phenoxy) is 2. The second-order valence-corrected chi connectivity index (χ2v) is 9.58. The van der Waals surface area contributed by atoms with E-state index in [1.165, 1.54) is 22.4 Å². The lowest BCUT2D eigenvalue weighted by molar-refractivity contribution is -0.151. The van der Waals surface area contributed by atoms with Crippen LogP contribution in [0.5, 0.6) is 5.75 Å². The summed E-state index contributed by atoms with van der Waals surface area (Å²) >= 11 is 0. The molecule has 0 aliphatic rings. The average Bonchev–Trinajstić information content (AvgIpc) is 3.34. The number of aryl methyl sites for hydroxylation is 1. The molecule has 0 saturated carbocycles. The molecule has 4 aromatic carbocycles. The minimum Gasteiger partial charge on any atom is -0.478 e. The summed E-state index contributed by atoms with van der Waals surface area (Å²) in [7, 11) is 0. The Balaban J connectivity index is 1.31. The maximum Gasteiger partial charge on any atom is 0.347 e. The van der Waals surface area contributed by atoms with Gasteiger partial charge in [-0.25, -0.2) is 4.79 Å². The van der Waals surface area contributed by atoms with Gasteiger partial charge in [0.25, 0.3) is 0 Å². The highest BCUT2D eigenvalue weighted by molar-refractivity contribution is 5.75. The summed E-state index contributed by atoms with van der Waals surface area (Å²) in [5.74, 6) is 0.285. The van der Waals surface area contributed by atoms with Gasteiger partial charge in [-0.15, -0.1) is 0 Å². The van der Waals surface area contributed by atoms with Gasteiger partial charge in [0.2, 0.25) is 0 Å². The van der Waals surface area contributed by atoms with E-state index in [0.29, 0.717) is 18.8 Å². The first-order chi connectivity index (χ1) is 19.1. The molecule has 1 heterocycles. The Morgan fingerprint density at radius 2 is 1.31 bits per heavy atom. The summed E-state index contributed by atoms with van der Waals surface area (Å²) in [6, 6.07) is 41.3. The standard InChI is InChI=1S/C35H33NO3/c1-3-38-35(37)34(24-27-10-6-4-7-11-27)39-32-21-19-31(20-22-32)33-23-14-26(2)36(33)25-28-15-17-30(18-16-28)29-12-8-5-9-13-29/h4-23,34H,3,24-25H2,1-2H3/t34-/m1/s1. The van der Waals surface area contributed by atoms with Crippen molar-refractivity contribution in [3.05, 3.63) is 138 Å². The van der Waals surface area contributed by atoms with Gasteiger partial charge in [-0.05, 0) is 78.1 Å². The van der Waals surface area contributed by atoms with Crippen LogP contribution in [0.2, 0.25) is 0 Å². The van der Waals surface area contributed by atoms with Gasteiger partial charge in [0.05, 0.1) is 6.61 Å². The molecule has 0 bridgehead atoms. The Kier molecular flexibility index (Phi) is 8.23. The number of nitrogens with zero attached hydrogens (tertiary/aromatic N) is 1. The Labute approximate surface area is 230 Å². The molecule has 1 atom stereocenters. The first kappa shape index (κ1) is 26.1. The van der Waals surface area contributed by atoms with Crippen LogP contribution in [0.3, 0.4) is 0 Å². The lowest BCUT2D eigenvalue weighted by atomic mass is 10.0. The number of carbonyl (C=O) groups is 1. The van der Waals surface area contributed by atoms with E-state index in [-0.39, 0.29) is 5.97 Å². The van der Waals surface area contributed by atoms with Crippen molar-refractivity contribution in [1.82, 2.24) is 4.57 Å². The molecule has 0 unspecified atom stereocenters. The number of hydrogen-bond acceptors (Lipinski definition) is 3. The van der Waals surface area contributed by atoms with Gasteiger partial charge in [0.15, 0.2) is 6.10 Å². The minimum absolute atomic E-state index is 0.317. The molecule has 196 valence electrons. The Morgan fingerprint density at radius 3 is 1.97 bits per heavy atom. The zero-order valence-corrected chi connectivity index (χ0v) is 22.4. The Morgan fingerprint density at radius 1 is 0.692 bits per heavy atom. The SMILES string of the molecule is CCOC(=O)[C@@H](Cc1ccccc1)Oc1ccc(-c2ccc(C)n2Cc2ccc(-c3ccccc3)cc2)cc1. The topological polar surface area (TPSA) is 40.5 Å². The van der Waals surface area contributed by atoms with Crippen molar-refractivity contribution in [2.24, 2.45) is 0 Å². The predicted octanol–water partition coefficient (Wildman–Crippen LogP) is 7.73. The van der Waals surface area contributed by atoms with Gasteiger partial charge in [0.1, 0.15) is 5.75 Å². The number of rotatable bonds is 10. The molecule has 5 aromatic rings. The normalized spacial score (nSPS) is 11.6. The molecule has 5 rings (SSSR count). The fraction of sp³-hybridized carbons (Fsp3) is 0.171. The first-order valence-electron chi connectivity index (χ1n) is 13.4. The second kappa shape index (κ2) is 12.3. The van der Waals surface area contributed by atoms with Crippen LogP contribution in [0, 0.1) is 6.92 Å². The van der Waals surface area contributed by atoms with Gasteiger partial charge >= 0.3 is 5.97 Å². The number of esters is 1. The molecule has 4 nitrogen and oxygen atoms in total. The quantitative estimate of drug-likeness (QED) is 0.179. The van der Waals surface area contributed by atoms with Crippen LogP contribution >= 0.6 is 0 Å². The van der Waals surface area contributed by atoms with Crippen LogP contribution in [0.4, 0.5) is 0 Å². The van der Waals surface area contributed by atoms with E-state index in [1.54, 1.807) is 6.92 Å². The highest BCUT2D eigenvalue weighted by Gasteiger charge is 2.22. The van der Waals surface area contributed by atoms with Crippen molar-refractivity contribution in [3.63, 3.8) is 0 Å². The molecule has 0 radical (unpaired) electrons. The average molecular weight is 516 g/mol. The van der Waals surface area contributed by atoms with Gasteiger partial charge in [0, 0.05) is 24.4 Å². The molecule has 0 aliphatic carbocycles. The summed E-state index contributed by atoms with van der Waals surface area (Å²) in [6.07, 6.45) is -0.254. The number of hydrogen-bond donors (Lipinski definition) is 0. The van der Waals surface area contributed by atoms with Crippen molar-refractivity contribution in [2.75, 3.05) is 6.61 Å². The summed E-state index contributed by atoms with van der Waals surface area (Å²) in [5.41, 5.74) is 8.13. The van der Waals surface area contributed by atoms with Crippen molar-refractivity contribution >= 4 is 5.97 Å². The third kappa shape index (κ3) is 6.47. The van der Waals surface area contributed by atoms with E-state index in [4.69, 9.17) is 9.47 Å². The molecule has 0 aliphatic heterocycles. The predicted molar refractivity (Wildman–Crippen MR) is 157 cm³/mol. The lowest BCUT2D eigenvalue weighted by Crippen LogP contribution is -2.31. The lowest BCUT2D eigenvalue weighted by Gasteiger charge is -2.18. The summed E-state index contributed by atoms with van der Waals surface area (Å²) in [4.78, 5) is 12.6. The van der Waals surface area contributed by atoms with Crippen molar-refractivity contribution < 1.29 is 14.3 Å². The van der Waals surface area contributed by atoms with Crippen LogP contribution < -0.4 is 4.74 Å². The Bertz CT molecular complexity index is 1490. The molecular weight excluding hydrogens is 482 g/mol. The third-order valence-corrected chi connectivity index (χ3v) is 6.84. The summed E-state index contributed by atoms with van der Waals surface area (Å²) in [5, 5.41) is 0. The van der Waals surface area contributed by atoms with E-state index < -0.39 is 6.10 Å². The summed E-state index contributed by atoms with van der Waals surface area (Å²) < 4.78 is 13.7.